The molecular formula is C21H23BrN4O4. The molecule has 0 aliphatic rings. The molecule has 0 aromatic heterocycles. The van der Waals surface area contributed by atoms with Gasteiger partial charge in [0.2, 0.25) is 0 Å². The fraction of sp³-hybridized carbons (Fsp3) is 0.238. The Morgan fingerprint density at radius 1 is 1.13 bits per heavy atom. The number of rotatable bonds is 8. The van der Waals surface area contributed by atoms with Crippen molar-refractivity contribution in [3.8, 4) is 5.75 Å². The number of ether oxygens (including phenoxy) is 1. The fourth-order valence-electron chi connectivity index (χ4n) is 2.31. The number of hydrazone groups is 1. The van der Waals surface area contributed by atoms with E-state index in [2.05, 4.69) is 37.1 Å². The van der Waals surface area contributed by atoms with Crippen LogP contribution in [0.25, 0.3) is 0 Å². The number of anilines is 1. The SMILES string of the molecule is CCCNC(=O)C(=O)N/N=C\c1ccccc1OCC(=O)Nc1ccc(Br)c(C)c1. The van der Waals surface area contributed by atoms with Gasteiger partial charge >= 0.3 is 11.8 Å². The van der Waals surface area contributed by atoms with Crippen LogP contribution < -0.4 is 20.8 Å². The van der Waals surface area contributed by atoms with Gasteiger partial charge in [0.15, 0.2) is 6.61 Å². The number of para-hydroxylation sites is 1. The Hall–Kier alpha value is -3.20. The van der Waals surface area contributed by atoms with Crippen molar-refractivity contribution >= 4 is 45.6 Å². The molecule has 0 aliphatic heterocycles. The average Bonchev–Trinajstić information content (AvgIpc) is 2.73. The van der Waals surface area contributed by atoms with E-state index in [-0.39, 0.29) is 12.5 Å². The molecule has 2 aromatic rings. The molecule has 0 atom stereocenters. The summed E-state index contributed by atoms with van der Waals surface area (Å²) in [5.74, 6) is -1.52. The van der Waals surface area contributed by atoms with E-state index in [4.69, 9.17) is 4.74 Å². The summed E-state index contributed by atoms with van der Waals surface area (Å²) in [6.07, 6.45) is 2.07. The number of hydrogen-bond donors (Lipinski definition) is 3. The van der Waals surface area contributed by atoms with Crippen LogP contribution in [-0.4, -0.2) is 37.1 Å². The molecule has 8 nitrogen and oxygen atoms in total. The first-order valence-corrected chi connectivity index (χ1v) is 10.1. The van der Waals surface area contributed by atoms with E-state index in [1.807, 2.05) is 26.0 Å². The van der Waals surface area contributed by atoms with Crippen LogP contribution in [0, 0.1) is 6.92 Å². The van der Waals surface area contributed by atoms with Crippen LogP contribution in [-0.2, 0) is 14.4 Å². The van der Waals surface area contributed by atoms with E-state index in [1.54, 1.807) is 30.3 Å². The number of nitrogens with one attached hydrogen (secondary N) is 3. The molecule has 2 rings (SSSR count). The standard InChI is InChI=1S/C21H23BrN4O4/c1-3-10-23-20(28)21(29)26-24-12-15-6-4-5-7-18(15)30-13-19(27)25-16-8-9-17(22)14(2)11-16/h4-9,11-12H,3,10,13H2,1-2H3,(H,23,28)(H,25,27)(H,26,29)/b24-12-. The van der Waals surface area contributed by atoms with Gasteiger partial charge in [0.25, 0.3) is 5.91 Å². The van der Waals surface area contributed by atoms with Gasteiger partial charge in [0.05, 0.1) is 6.21 Å². The van der Waals surface area contributed by atoms with Gasteiger partial charge in [-0.1, -0.05) is 35.0 Å². The minimum atomic E-state index is -0.859. The maximum absolute atomic E-state index is 12.2. The summed E-state index contributed by atoms with van der Waals surface area (Å²) in [6, 6.07) is 12.4. The molecule has 0 spiro atoms. The second kappa shape index (κ2) is 11.7. The van der Waals surface area contributed by atoms with Gasteiger partial charge in [-0.25, -0.2) is 5.43 Å². The molecule has 3 N–H and O–H groups in total. The van der Waals surface area contributed by atoms with Gasteiger partial charge in [0.1, 0.15) is 5.75 Å². The zero-order chi connectivity index (χ0) is 21.9. The Labute approximate surface area is 183 Å². The summed E-state index contributed by atoms with van der Waals surface area (Å²) >= 11 is 3.42. The van der Waals surface area contributed by atoms with Gasteiger partial charge < -0.3 is 15.4 Å². The smallest absolute Gasteiger partial charge is 0.329 e. The fourth-order valence-corrected chi connectivity index (χ4v) is 2.56. The summed E-state index contributed by atoms with van der Waals surface area (Å²) in [6.45, 7) is 4.02. The number of amides is 3. The minimum absolute atomic E-state index is 0.203. The first kappa shape index (κ1) is 23.1. The highest BCUT2D eigenvalue weighted by molar-refractivity contribution is 9.10. The summed E-state index contributed by atoms with van der Waals surface area (Å²) in [7, 11) is 0. The number of benzene rings is 2. The molecule has 0 saturated carbocycles. The van der Waals surface area contributed by atoms with Crippen molar-refractivity contribution < 1.29 is 19.1 Å². The second-order valence-electron chi connectivity index (χ2n) is 6.29. The minimum Gasteiger partial charge on any atom is -0.483 e. The first-order valence-electron chi connectivity index (χ1n) is 9.29. The van der Waals surface area contributed by atoms with Crippen molar-refractivity contribution in [1.29, 1.82) is 0 Å². The molecule has 2 aromatic carbocycles. The van der Waals surface area contributed by atoms with Crippen LogP contribution >= 0.6 is 15.9 Å². The van der Waals surface area contributed by atoms with Crippen LogP contribution in [0.5, 0.6) is 5.75 Å². The summed E-state index contributed by atoms with van der Waals surface area (Å²) in [5, 5.41) is 9.00. The van der Waals surface area contributed by atoms with Crippen LogP contribution in [0.4, 0.5) is 5.69 Å². The topological polar surface area (TPSA) is 109 Å². The lowest BCUT2D eigenvalue weighted by molar-refractivity contribution is -0.139. The number of hydrogen-bond acceptors (Lipinski definition) is 5. The van der Waals surface area contributed by atoms with Crippen LogP contribution in [0.3, 0.4) is 0 Å². The predicted octanol–water partition coefficient (Wildman–Crippen LogP) is 2.75. The van der Waals surface area contributed by atoms with Crippen LogP contribution in [0.15, 0.2) is 52.0 Å². The quantitative estimate of drug-likeness (QED) is 0.310. The first-order chi connectivity index (χ1) is 14.4. The number of nitrogens with zero attached hydrogens (tertiary/aromatic N) is 1. The predicted molar refractivity (Wildman–Crippen MR) is 118 cm³/mol. The number of carbonyl (C=O) groups excluding carboxylic acids is 3. The lowest BCUT2D eigenvalue weighted by atomic mass is 10.2. The van der Waals surface area contributed by atoms with E-state index in [9.17, 15) is 14.4 Å². The van der Waals surface area contributed by atoms with Gasteiger partial charge in [-0.15, -0.1) is 0 Å². The third-order valence-corrected chi connectivity index (χ3v) is 4.72. The summed E-state index contributed by atoms with van der Waals surface area (Å²) in [5.41, 5.74) is 4.37. The largest absolute Gasteiger partial charge is 0.483 e. The van der Waals surface area contributed by atoms with E-state index < -0.39 is 11.8 Å². The highest BCUT2D eigenvalue weighted by atomic mass is 79.9. The van der Waals surface area contributed by atoms with Crippen molar-refractivity contribution in [2.24, 2.45) is 5.10 Å². The van der Waals surface area contributed by atoms with Crippen molar-refractivity contribution in [1.82, 2.24) is 10.7 Å². The Morgan fingerprint density at radius 3 is 2.63 bits per heavy atom. The van der Waals surface area contributed by atoms with Crippen LogP contribution in [0.2, 0.25) is 0 Å². The summed E-state index contributed by atoms with van der Waals surface area (Å²) in [4.78, 5) is 35.3. The van der Waals surface area contributed by atoms with E-state index in [0.29, 0.717) is 23.5 Å². The molecule has 30 heavy (non-hydrogen) atoms. The maximum Gasteiger partial charge on any atom is 0.329 e. The average molecular weight is 475 g/mol. The zero-order valence-electron chi connectivity index (χ0n) is 16.7. The Balaban J connectivity index is 1.91. The molecule has 0 unspecified atom stereocenters. The van der Waals surface area contributed by atoms with Gasteiger partial charge in [-0.3, -0.25) is 14.4 Å². The normalized spacial score (nSPS) is 10.5. The molecule has 9 heteroatoms. The molecule has 0 heterocycles. The highest BCUT2D eigenvalue weighted by Crippen LogP contribution is 2.20. The maximum atomic E-state index is 12.2. The van der Waals surface area contributed by atoms with Crippen LogP contribution in [0.1, 0.15) is 24.5 Å². The highest BCUT2D eigenvalue weighted by Gasteiger charge is 2.11. The number of carbonyl (C=O) groups is 3. The van der Waals surface area contributed by atoms with Gasteiger partial charge in [-0.2, -0.15) is 5.10 Å². The Bertz CT molecular complexity index is 946. The monoisotopic (exact) mass is 474 g/mol. The number of aryl methyl sites for hydroxylation is 1. The molecule has 0 bridgehead atoms. The summed E-state index contributed by atoms with van der Waals surface area (Å²) < 4.78 is 6.54. The number of halogens is 1. The Morgan fingerprint density at radius 2 is 1.90 bits per heavy atom. The van der Waals surface area contributed by atoms with Crippen molar-refractivity contribution in [3.63, 3.8) is 0 Å². The van der Waals surface area contributed by atoms with Crippen molar-refractivity contribution in [2.45, 2.75) is 20.3 Å². The zero-order valence-corrected chi connectivity index (χ0v) is 18.3. The van der Waals surface area contributed by atoms with E-state index in [1.165, 1.54) is 6.21 Å². The molecular weight excluding hydrogens is 452 g/mol. The third kappa shape index (κ3) is 7.32. The van der Waals surface area contributed by atoms with Gasteiger partial charge in [0, 0.05) is 22.3 Å². The van der Waals surface area contributed by atoms with Gasteiger partial charge in [-0.05, 0) is 49.2 Å². The van der Waals surface area contributed by atoms with E-state index >= 15 is 0 Å². The molecule has 0 aliphatic carbocycles. The molecule has 0 saturated heterocycles. The lowest BCUT2D eigenvalue weighted by Crippen LogP contribution is -2.38. The lowest BCUT2D eigenvalue weighted by Gasteiger charge is -2.10. The molecule has 0 fully saturated rings. The van der Waals surface area contributed by atoms with E-state index in [0.717, 1.165) is 16.5 Å². The van der Waals surface area contributed by atoms with Crippen molar-refractivity contribution in [3.05, 3.63) is 58.1 Å². The third-order valence-electron chi connectivity index (χ3n) is 3.83. The second-order valence-corrected chi connectivity index (χ2v) is 7.15. The molecule has 0 radical (unpaired) electrons. The molecule has 3 amide bonds. The van der Waals surface area contributed by atoms with Crippen molar-refractivity contribution in [2.75, 3.05) is 18.5 Å². The Kier molecular flexibility index (Phi) is 9.02. The molecule has 158 valence electrons.